The molecule has 0 aliphatic carbocycles. The normalized spacial score (nSPS) is 26.2. The van der Waals surface area contributed by atoms with Crippen LogP contribution in [0.4, 0.5) is 19.3 Å². The van der Waals surface area contributed by atoms with Gasteiger partial charge in [-0.2, -0.15) is 5.26 Å². The number of anilines is 1. The number of fused-ring (bicyclic) bond motifs is 1. The van der Waals surface area contributed by atoms with E-state index in [-0.39, 0.29) is 16.3 Å². The fourth-order valence-corrected chi connectivity index (χ4v) is 4.81. The third kappa shape index (κ3) is 3.93. The number of hydrogen-bond donors (Lipinski definition) is 4. The summed E-state index contributed by atoms with van der Waals surface area (Å²) in [6.07, 6.45) is -0.396. The van der Waals surface area contributed by atoms with Crippen molar-refractivity contribution in [2.75, 3.05) is 18.4 Å². The SMILES string of the molecule is CC1NC([C@@H](C)NC(=O)CN2C(=O)Nc3ccc(F)c(F)c3S2(=O)=O)NCC1C#N. The summed E-state index contributed by atoms with van der Waals surface area (Å²) in [5.74, 6) is -4.10. The average molecular weight is 442 g/mol. The van der Waals surface area contributed by atoms with Gasteiger partial charge >= 0.3 is 6.03 Å². The second kappa shape index (κ2) is 8.13. The minimum absolute atomic E-state index is 0.136. The fraction of sp³-hybridized carbons (Fsp3) is 0.471. The molecule has 1 aromatic carbocycles. The van der Waals surface area contributed by atoms with E-state index in [0.717, 1.165) is 6.07 Å². The van der Waals surface area contributed by atoms with E-state index in [1.54, 1.807) is 6.92 Å². The highest BCUT2D eigenvalue weighted by atomic mass is 32.2. The lowest BCUT2D eigenvalue weighted by Crippen LogP contribution is -2.64. The highest BCUT2D eigenvalue weighted by molar-refractivity contribution is 7.90. The van der Waals surface area contributed by atoms with E-state index < -0.39 is 62.9 Å². The molecule has 3 rings (SSSR count). The van der Waals surface area contributed by atoms with Gasteiger partial charge in [-0.05, 0) is 26.0 Å². The Morgan fingerprint density at radius 2 is 2.13 bits per heavy atom. The van der Waals surface area contributed by atoms with Crippen LogP contribution in [0.25, 0.3) is 0 Å². The molecule has 0 spiro atoms. The molecule has 30 heavy (non-hydrogen) atoms. The number of nitriles is 1. The third-order valence-corrected chi connectivity index (χ3v) is 6.80. The van der Waals surface area contributed by atoms with Crippen molar-refractivity contribution < 1.29 is 26.8 Å². The summed E-state index contributed by atoms with van der Waals surface area (Å²) in [5.41, 5.74) is -0.402. The molecular weight excluding hydrogens is 422 g/mol. The van der Waals surface area contributed by atoms with Crippen LogP contribution >= 0.6 is 0 Å². The largest absolute Gasteiger partial charge is 0.349 e. The molecule has 10 nitrogen and oxygen atoms in total. The van der Waals surface area contributed by atoms with Crippen LogP contribution < -0.4 is 21.3 Å². The molecule has 0 saturated carbocycles. The molecule has 13 heteroatoms. The number of hydrogen-bond acceptors (Lipinski definition) is 7. The Bertz CT molecular complexity index is 1030. The second-order valence-corrected chi connectivity index (χ2v) is 8.91. The van der Waals surface area contributed by atoms with Crippen LogP contribution in [0.3, 0.4) is 0 Å². The Labute approximate surface area is 171 Å². The molecular formula is C17H20F2N6O4S. The summed E-state index contributed by atoms with van der Waals surface area (Å²) in [4.78, 5) is 23.5. The smallest absolute Gasteiger partial charge is 0.336 e. The average Bonchev–Trinajstić information content (AvgIpc) is 2.67. The first-order valence-electron chi connectivity index (χ1n) is 9.06. The number of benzene rings is 1. The summed E-state index contributed by atoms with van der Waals surface area (Å²) < 4.78 is 53.1. The van der Waals surface area contributed by atoms with E-state index >= 15 is 0 Å². The summed E-state index contributed by atoms with van der Waals surface area (Å²) in [6, 6.07) is 1.95. The van der Waals surface area contributed by atoms with Gasteiger partial charge < -0.3 is 10.6 Å². The van der Waals surface area contributed by atoms with E-state index in [1.165, 1.54) is 0 Å². The summed E-state index contributed by atoms with van der Waals surface area (Å²) in [7, 11) is -4.78. The van der Waals surface area contributed by atoms with Gasteiger partial charge in [-0.25, -0.2) is 26.3 Å². The number of amides is 3. The lowest BCUT2D eigenvalue weighted by Gasteiger charge is -2.37. The molecule has 4 N–H and O–H groups in total. The molecule has 0 bridgehead atoms. The maximum absolute atomic E-state index is 14.1. The van der Waals surface area contributed by atoms with Gasteiger partial charge in [-0.1, -0.05) is 0 Å². The van der Waals surface area contributed by atoms with Crippen LogP contribution in [0.2, 0.25) is 0 Å². The lowest BCUT2D eigenvalue weighted by molar-refractivity contribution is -0.121. The zero-order valence-electron chi connectivity index (χ0n) is 16.1. The van der Waals surface area contributed by atoms with E-state index in [1.807, 2.05) is 6.92 Å². The van der Waals surface area contributed by atoms with Crippen LogP contribution in [0.15, 0.2) is 17.0 Å². The topological polar surface area (TPSA) is 143 Å². The molecule has 1 aromatic rings. The van der Waals surface area contributed by atoms with Crippen molar-refractivity contribution in [3.63, 3.8) is 0 Å². The molecule has 2 aliphatic heterocycles. The van der Waals surface area contributed by atoms with Crippen LogP contribution in [-0.2, 0) is 14.8 Å². The third-order valence-electron chi connectivity index (χ3n) is 5.01. The highest BCUT2D eigenvalue weighted by Crippen LogP contribution is 2.33. The quantitative estimate of drug-likeness (QED) is 0.516. The number of halogens is 2. The Morgan fingerprint density at radius 1 is 1.43 bits per heavy atom. The van der Waals surface area contributed by atoms with Gasteiger partial charge in [0.1, 0.15) is 11.4 Å². The van der Waals surface area contributed by atoms with Gasteiger partial charge in [0.05, 0.1) is 29.9 Å². The van der Waals surface area contributed by atoms with Crippen molar-refractivity contribution in [1.29, 1.82) is 5.26 Å². The van der Waals surface area contributed by atoms with Crippen LogP contribution in [0, 0.1) is 28.9 Å². The van der Waals surface area contributed by atoms with Gasteiger partial charge in [-0.3, -0.25) is 15.4 Å². The first-order valence-corrected chi connectivity index (χ1v) is 10.5. The molecule has 2 aliphatic rings. The molecule has 3 unspecified atom stereocenters. The summed E-state index contributed by atoms with van der Waals surface area (Å²) in [5, 5.41) is 19.9. The lowest BCUT2D eigenvalue weighted by atomic mass is 9.98. The Balaban J connectivity index is 1.71. The zero-order valence-corrected chi connectivity index (χ0v) is 16.9. The number of carbonyl (C=O) groups is 2. The van der Waals surface area contributed by atoms with Crippen LogP contribution in [0.1, 0.15) is 13.8 Å². The first kappa shape index (κ1) is 21.9. The van der Waals surface area contributed by atoms with Crippen molar-refractivity contribution >= 4 is 27.6 Å². The minimum Gasteiger partial charge on any atom is -0.349 e. The predicted octanol–water partition coefficient (Wildman–Crippen LogP) is 0.0529. The Kier molecular flexibility index (Phi) is 5.93. The fourth-order valence-electron chi connectivity index (χ4n) is 3.32. The van der Waals surface area contributed by atoms with Crippen molar-refractivity contribution in [2.45, 2.75) is 37.0 Å². The summed E-state index contributed by atoms with van der Waals surface area (Å²) >= 11 is 0. The standard InChI is InChI=1S/C17H20F2N6O4S/c1-8-10(5-20)6-21-16(23-8)9(2)22-13(26)7-25-17(27)24-12-4-3-11(18)14(19)15(12)30(25,28)29/h3-4,8-10,16,21,23H,6-7H2,1-2H3,(H,22,26)(H,24,27)/t8?,9-,10?,16?/m1/s1. The molecule has 0 aromatic heterocycles. The second-order valence-electron chi connectivity index (χ2n) is 7.11. The molecule has 162 valence electrons. The predicted molar refractivity (Wildman–Crippen MR) is 100 cm³/mol. The first-order chi connectivity index (χ1) is 14.1. The van der Waals surface area contributed by atoms with Crippen molar-refractivity contribution in [3.05, 3.63) is 23.8 Å². The molecule has 1 saturated heterocycles. The minimum atomic E-state index is -4.78. The number of nitrogens with one attached hydrogen (secondary N) is 4. The van der Waals surface area contributed by atoms with Gasteiger partial charge in [0.2, 0.25) is 5.91 Å². The van der Waals surface area contributed by atoms with Gasteiger partial charge in [0, 0.05) is 12.6 Å². The highest BCUT2D eigenvalue weighted by Gasteiger charge is 2.41. The van der Waals surface area contributed by atoms with Crippen molar-refractivity contribution in [2.24, 2.45) is 5.92 Å². The Hall–Kier alpha value is -2.82. The molecule has 0 radical (unpaired) electrons. The number of carbonyl (C=O) groups excluding carboxylic acids is 2. The van der Waals surface area contributed by atoms with Crippen LogP contribution in [-0.4, -0.2) is 56.0 Å². The van der Waals surface area contributed by atoms with Gasteiger partial charge in [0.25, 0.3) is 10.0 Å². The number of urea groups is 1. The van der Waals surface area contributed by atoms with E-state index in [9.17, 15) is 26.8 Å². The number of nitrogens with zero attached hydrogens (tertiary/aromatic N) is 2. The number of sulfonamides is 1. The monoisotopic (exact) mass is 442 g/mol. The molecule has 2 heterocycles. The van der Waals surface area contributed by atoms with E-state index in [2.05, 4.69) is 27.3 Å². The molecule has 4 atom stereocenters. The summed E-state index contributed by atoms with van der Waals surface area (Å²) in [6.45, 7) is 2.96. The Morgan fingerprint density at radius 3 is 2.77 bits per heavy atom. The number of rotatable bonds is 4. The van der Waals surface area contributed by atoms with Crippen molar-refractivity contribution in [1.82, 2.24) is 20.3 Å². The van der Waals surface area contributed by atoms with Gasteiger partial charge in [0.15, 0.2) is 11.6 Å². The molecule has 3 amide bonds. The van der Waals surface area contributed by atoms with Crippen molar-refractivity contribution in [3.8, 4) is 6.07 Å². The zero-order chi connectivity index (χ0) is 22.2. The molecule has 1 fully saturated rings. The maximum atomic E-state index is 14.1. The maximum Gasteiger partial charge on any atom is 0.336 e. The van der Waals surface area contributed by atoms with Crippen LogP contribution in [0.5, 0.6) is 0 Å². The van der Waals surface area contributed by atoms with E-state index in [0.29, 0.717) is 12.6 Å². The van der Waals surface area contributed by atoms with E-state index in [4.69, 9.17) is 5.26 Å². The van der Waals surface area contributed by atoms with Gasteiger partial charge in [-0.15, -0.1) is 0 Å².